The second-order valence-electron chi connectivity index (χ2n) is 9.42. The summed E-state index contributed by atoms with van der Waals surface area (Å²) in [5.74, 6) is -0.267. The summed E-state index contributed by atoms with van der Waals surface area (Å²) in [6, 6.07) is 5.66. The number of rotatable bonds is 7. The minimum atomic E-state index is -0.729. The Morgan fingerprint density at radius 3 is 2.67 bits per heavy atom. The molecule has 39 heavy (non-hydrogen) atoms. The smallest absolute Gasteiger partial charge is 0.267 e. The molecule has 0 aliphatic heterocycles. The Hall–Kier alpha value is -4.16. The third kappa shape index (κ3) is 4.77. The van der Waals surface area contributed by atoms with Crippen LogP contribution in [0.4, 0.5) is 4.39 Å². The summed E-state index contributed by atoms with van der Waals surface area (Å²) in [6.07, 6.45) is 10.6. The molecule has 1 N–H and O–H groups in total. The number of halogens is 3. The van der Waals surface area contributed by atoms with E-state index in [1.807, 2.05) is 0 Å². The Morgan fingerprint density at radius 1 is 1.15 bits per heavy atom. The maximum Gasteiger partial charge on any atom is 0.267 e. The van der Waals surface area contributed by atoms with E-state index < -0.39 is 5.82 Å². The van der Waals surface area contributed by atoms with Gasteiger partial charge in [0.05, 0.1) is 39.3 Å². The molecule has 1 fully saturated rings. The van der Waals surface area contributed by atoms with Crippen LogP contribution in [0.2, 0.25) is 10.0 Å². The summed E-state index contributed by atoms with van der Waals surface area (Å²) in [5.41, 5.74) is 2.09. The maximum absolute atomic E-state index is 15.4. The zero-order chi connectivity index (χ0) is 27.3. The predicted molar refractivity (Wildman–Crippen MR) is 138 cm³/mol. The zero-order valence-electron chi connectivity index (χ0n) is 20.5. The lowest BCUT2D eigenvalue weighted by Crippen LogP contribution is -2.38. The van der Waals surface area contributed by atoms with E-state index in [4.69, 9.17) is 23.2 Å². The monoisotopic (exact) mass is 568 g/mol. The summed E-state index contributed by atoms with van der Waals surface area (Å²) in [7, 11) is 1.58. The van der Waals surface area contributed by atoms with Crippen molar-refractivity contribution in [2.24, 2.45) is 13.0 Å². The van der Waals surface area contributed by atoms with Gasteiger partial charge in [-0.3, -0.25) is 14.7 Å². The quantitative estimate of drug-likeness (QED) is 0.235. The van der Waals surface area contributed by atoms with Gasteiger partial charge in [0.25, 0.3) is 11.3 Å². The molecule has 1 aromatic carbocycles. The molecule has 14 heteroatoms. The van der Waals surface area contributed by atoms with Crippen LogP contribution >= 0.6 is 23.2 Å². The van der Waals surface area contributed by atoms with Crippen molar-refractivity contribution < 1.29 is 14.3 Å². The lowest BCUT2D eigenvalue weighted by molar-refractivity contribution is -0.910. The zero-order valence-corrected chi connectivity index (χ0v) is 22.0. The van der Waals surface area contributed by atoms with Crippen LogP contribution in [-0.4, -0.2) is 45.0 Å². The van der Waals surface area contributed by atoms with Gasteiger partial charge in [-0.15, -0.1) is 5.10 Å². The summed E-state index contributed by atoms with van der Waals surface area (Å²) in [5, 5.41) is 31.0. The van der Waals surface area contributed by atoms with Crippen LogP contribution in [0.3, 0.4) is 0 Å². The van der Waals surface area contributed by atoms with Crippen molar-refractivity contribution in [2.75, 3.05) is 0 Å². The van der Waals surface area contributed by atoms with E-state index in [1.54, 1.807) is 42.5 Å². The van der Waals surface area contributed by atoms with Crippen LogP contribution in [0.15, 0.2) is 60.2 Å². The fraction of sp³-hybridized carbons (Fsp3) is 0.240. The molecule has 0 bridgehead atoms. The fourth-order valence-corrected chi connectivity index (χ4v) is 4.96. The van der Waals surface area contributed by atoms with Gasteiger partial charge in [0.2, 0.25) is 6.20 Å². The van der Waals surface area contributed by atoms with Crippen molar-refractivity contribution in [2.45, 2.75) is 25.3 Å². The molecule has 1 aliphatic carbocycles. The third-order valence-corrected chi connectivity index (χ3v) is 7.41. The standard InChI is InChI=1S/C25H21Cl2FN9O2/c1-34-23(38)7-15(9-30-34)16-10-31-35(11-16)21(6-14-2-3-14)22-8-19(27)17(12-37(22)39)24-20(36-13-29-32-33-36)5-4-18(26)25(24)28/h4-5,7-14,21,39H,2-3,6H2,1H3/q+1/t21-/m0/s1. The number of pyridine rings is 1. The maximum atomic E-state index is 15.4. The number of aryl methyl sites for hydroxylation is 1. The van der Waals surface area contributed by atoms with E-state index >= 15 is 4.39 Å². The van der Waals surface area contributed by atoms with Crippen LogP contribution in [0.1, 0.15) is 31.0 Å². The number of tetrazole rings is 1. The van der Waals surface area contributed by atoms with E-state index in [0.29, 0.717) is 34.8 Å². The Balaban J connectivity index is 1.43. The highest BCUT2D eigenvalue weighted by Crippen LogP contribution is 2.41. The molecule has 4 heterocycles. The van der Waals surface area contributed by atoms with Crippen LogP contribution < -0.4 is 10.3 Å². The first kappa shape index (κ1) is 25.1. The molecule has 0 spiro atoms. The number of hydrogen-bond donors (Lipinski definition) is 1. The normalized spacial score (nSPS) is 14.1. The highest BCUT2D eigenvalue weighted by Gasteiger charge is 2.35. The van der Waals surface area contributed by atoms with E-state index in [2.05, 4.69) is 25.7 Å². The first-order chi connectivity index (χ1) is 18.8. The molecule has 5 aromatic rings. The van der Waals surface area contributed by atoms with Gasteiger partial charge < -0.3 is 0 Å². The summed E-state index contributed by atoms with van der Waals surface area (Å²) in [4.78, 5) is 12.1. The van der Waals surface area contributed by atoms with Crippen molar-refractivity contribution in [1.82, 2.24) is 39.8 Å². The molecule has 11 nitrogen and oxygen atoms in total. The molecule has 0 saturated heterocycles. The number of hydrogen-bond acceptors (Lipinski definition) is 7. The van der Waals surface area contributed by atoms with E-state index in [1.165, 1.54) is 34.0 Å². The van der Waals surface area contributed by atoms with Crippen molar-refractivity contribution in [3.63, 3.8) is 0 Å². The molecule has 198 valence electrons. The van der Waals surface area contributed by atoms with Gasteiger partial charge in [0, 0.05) is 41.2 Å². The van der Waals surface area contributed by atoms with Gasteiger partial charge in [-0.1, -0.05) is 36.0 Å². The average molecular weight is 569 g/mol. The molecular formula is C25H21Cl2FN9O2+. The van der Waals surface area contributed by atoms with E-state index in [0.717, 1.165) is 17.6 Å². The summed E-state index contributed by atoms with van der Waals surface area (Å²) in [6.45, 7) is 0. The van der Waals surface area contributed by atoms with Crippen LogP contribution in [0.5, 0.6) is 0 Å². The Kier molecular flexibility index (Phi) is 6.35. The number of nitrogens with zero attached hydrogens (tertiary/aromatic N) is 9. The van der Waals surface area contributed by atoms with E-state index in [-0.39, 0.29) is 32.8 Å². The second kappa shape index (κ2) is 9.86. The Labute approximate surface area is 230 Å². The van der Waals surface area contributed by atoms with Crippen LogP contribution in [0.25, 0.3) is 27.9 Å². The molecule has 0 unspecified atom stereocenters. The molecule has 1 saturated carbocycles. The van der Waals surface area contributed by atoms with Crippen molar-refractivity contribution in [1.29, 1.82) is 0 Å². The molecule has 6 rings (SSSR count). The van der Waals surface area contributed by atoms with Gasteiger partial charge in [0.15, 0.2) is 5.82 Å². The van der Waals surface area contributed by atoms with Crippen LogP contribution in [0, 0.1) is 11.7 Å². The fourth-order valence-electron chi connectivity index (χ4n) is 4.54. The Bertz CT molecular complexity index is 1750. The topological polar surface area (TPSA) is 120 Å². The molecule has 0 amide bonds. The van der Waals surface area contributed by atoms with Crippen molar-refractivity contribution >= 4 is 23.2 Å². The van der Waals surface area contributed by atoms with Crippen LogP contribution in [-0.2, 0) is 7.05 Å². The number of benzene rings is 1. The van der Waals surface area contributed by atoms with Gasteiger partial charge in [-0.25, -0.2) is 9.07 Å². The molecule has 0 radical (unpaired) electrons. The van der Waals surface area contributed by atoms with Gasteiger partial charge in [-0.05, 0) is 34.9 Å². The molecule has 4 aromatic heterocycles. The van der Waals surface area contributed by atoms with Gasteiger partial charge in [0.1, 0.15) is 12.4 Å². The first-order valence-electron chi connectivity index (χ1n) is 12.0. The van der Waals surface area contributed by atoms with Gasteiger partial charge in [-0.2, -0.15) is 14.9 Å². The number of aromatic nitrogens is 9. The SMILES string of the molecule is Cn1ncc(-c2cnn([C@@H](CC3CC3)c3cc(Cl)c(-c4c(-n5cnnn5)ccc(Cl)c4F)c[n+]3O)c2)cc1=O. The molecule has 1 aliphatic rings. The largest absolute Gasteiger partial charge is 0.285 e. The van der Waals surface area contributed by atoms with Crippen molar-refractivity contribution in [3.05, 3.63) is 87.3 Å². The lowest BCUT2D eigenvalue weighted by atomic mass is 10.0. The predicted octanol–water partition coefficient (Wildman–Crippen LogP) is 3.65. The third-order valence-electron chi connectivity index (χ3n) is 6.80. The summed E-state index contributed by atoms with van der Waals surface area (Å²) >= 11 is 12.8. The highest BCUT2D eigenvalue weighted by molar-refractivity contribution is 6.34. The molecule has 1 atom stereocenters. The van der Waals surface area contributed by atoms with Gasteiger partial charge >= 0.3 is 0 Å². The second-order valence-corrected chi connectivity index (χ2v) is 10.2. The summed E-state index contributed by atoms with van der Waals surface area (Å²) < 4.78 is 20.6. The first-order valence-corrected chi connectivity index (χ1v) is 12.8. The highest BCUT2D eigenvalue weighted by atomic mass is 35.5. The Morgan fingerprint density at radius 2 is 1.95 bits per heavy atom. The lowest BCUT2D eigenvalue weighted by Gasteiger charge is -2.16. The minimum absolute atomic E-state index is 0.0347. The van der Waals surface area contributed by atoms with E-state index in [9.17, 15) is 10.0 Å². The average Bonchev–Trinajstić information content (AvgIpc) is 3.35. The minimum Gasteiger partial charge on any atom is -0.285 e. The van der Waals surface area contributed by atoms with Crippen molar-refractivity contribution in [3.8, 4) is 27.9 Å². The molecular weight excluding hydrogens is 548 g/mol.